The Morgan fingerprint density at radius 1 is 0.892 bits per heavy atom. The van der Waals surface area contributed by atoms with Crippen molar-refractivity contribution < 1.29 is 80.5 Å². The van der Waals surface area contributed by atoms with Gasteiger partial charge < -0.3 is 69.0 Å². The molecule has 2 aromatic heterocycles. The van der Waals surface area contributed by atoms with Gasteiger partial charge in [-0.2, -0.15) is 0 Å². The molecule has 28 heteroatoms. The quantitative estimate of drug-likeness (QED) is 0.0501. The van der Waals surface area contributed by atoms with Gasteiger partial charge in [0.05, 0.1) is 27.4 Å². The van der Waals surface area contributed by atoms with E-state index in [0.29, 0.717) is 12.2 Å². The minimum absolute atomic E-state index is 0.0181. The number of nitrogens with zero attached hydrogens (tertiary/aromatic N) is 4. The molecular formula is C37H62N7O17P3S-4. The lowest BCUT2D eigenvalue weighted by molar-refractivity contribution is -0.347. The fraction of sp³-hybridized carbons (Fsp3) is 0.784. The topological polar surface area (TPSA) is 375 Å². The second-order valence-electron chi connectivity index (χ2n) is 16.2. The van der Waals surface area contributed by atoms with Crippen molar-refractivity contribution in [3.8, 4) is 0 Å². The smallest absolute Gasteiger partial charge is 0.274 e. The summed E-state index contributed by atoms with van der Waals surface area (Å²) in [5, 5.41) is 26.5. The van der Waals surface area contributed by atoms with E-state index in [2.05, 4.69) is 50.4 Å². The molecule has 1 aliphatic rings. The number of rotatable bonds is 33. The average molecular weight is 1000 g/mol. The normalized spacial score (nSPS) is 20.3. The highest BCUT2D eigenvalue weighted by Gasteiger charge is 2.47. The zero-order valence-electron chi connectivity index (χ0n) is 36.8. The molecule has 372 valence electrons. The molecule has 3 heterocycles. The lowest BCUT2D eigenvalue weighted by atomic mass is 9.87. The number of imidazole rings is 1. The molecule has 7 atom stereocenters. The molecule has 24 nitrogen and oxygen atoms in total. The molecule has 2 aromatic rings. The Kier molecular flexibility index (Phi) is 24.1. The SMILES string of the molecule is CCCCCCCCCCCCCCCC(=O)SCCNC(=O)CCNC(=O)C(O)C(C)(C)COP(=O)([O-])OP(=O)([O-])OCC1OC(n2cnc3c(N)ncnc32)C(O)C1OP(=O)([O-])[O-]. The van der Waals surface area contributed by atoms with Gasteiger partial charge in [-0.25, -0.2) is 19.3 Å². The number of nitrogens with one attached hydrogen (secondary N) is 2. The first-order valence-corrected chi connectivity index (χ1v) is 26.9. The van der Waals surface area contributed by atoms with Crippen molar-refractivity contribution in [3.05, 3.63) is 12.7 Å². The highest BCUT2D eigenvalue weighted by atomic mass is 32.2. The zero-order valence-corrected chi connectivity index (χ0v) is 40.3. The summed E-state index contributed by atoms with van der Waals surface area (Å²) in [6.45, 7) is 2.41. The molecule has 3 rings (SSSR count). The number of carbonyl (C=O) groups excluding carboxylic acids is 3. The van der Waals surface area contributed by atoms with Crippen molar-refractivity contribution in [1.29, 1.82) is 0 Å². The van der Waals surface area contributed by atoms with Gasteiger partial charge in [-0.3, -0.25) is 28.1 Å². The van der Waals surface area contributed by atoms with E-state index in [4.69, 9.17) is 10.5 Å². The van der Waals surface area contributed by atoms with Crippen LogP contribution in [-0.2, 0) is 50.7 Å². The van der Waals surface area contributed by atoms with Gasteiger partial charge >= 0.3 is 0 Å². The molecule has 7 unspecified atom stereocenters. The van der Waals surface area contributed by atoms with Crippen LogP contribution in [0.5, 0.6) is 0 Å². The van der Waals surface area contributed by atoms with Crippen molar-refractivity contribution in [2.75, 3.05) is 37.8 Å². The molecule has 6 N–H and O–H groups in total. The number of aliphatic hydroxyl groups is 2. The monoisotopic (exact) mass is 1000 g/mol. The van der Waals surface area contributed by atoms with Gasteiger partial charge in [-0.05, 0) is 6.42 Å². The van der Waals surface area contributed by atoms with E-state index < -0.39 is 84.6 Å². The molecule has 65 heavy (non-hydrogen) atoms. The van der Waals surface area contributed by atoms with Crippen LogP contribution in [0.1, 0.15) is 123 Å². The molecule has 2 amide bonds. The number of aromatic nitrogens is 4. The van der Waals surface area contributed by atoms with E-state index in [1.165, 1.54) is 78.1 Å². The summed E-state index contributed by atoms with van der Waals surface area (Å²) in [5.41, 5.74) is 4.09. The number of aliphatic hydroxyl groups excluding tert-OH is 2. The van der Waals surface area contributed by atoms with Gasteiger partial charge in [0.15, 0.2) is 22.8 Å². The standard InChI is InChI=1S/C37H66N7O17P3S/c1-4-5-6-7-8-9-10-11-12-13-14-15-16-17-28(46)65-21-20-39-27(45)18-19-40-35(49)32(48)37(2,3)23-58-64(55,56)61-63(53,54)57-22-26-31(60-62(50,51)52)30(47)36(59-26)44-25-43-29-33(38)41-24-42-34(29)44/h24-26,30-32,36,47-48H,4-23H2,1-3H3,(H,39,45)(H,40,49)(H,53,54)(H,55,56)(H2,38,41,42)(H2,50,51,52)/p-4. The number of nitrogen functional groups attached to an aromatic ring is 1. The van der Waals surface area contributed by atoms with Gasteiger partial charge in [0, 0.05) is 37.1 Å². The molecule has 1 aliphatic heterocycles. The third-order valence-electron chi connectivity index (χ3n) is 10.2. The van der Waals surface area contributed by atoms with Gasteiger partial charge in [-0.15, -0.1) is 0 Å². The van der Waals surface area contributed by atoms with Crippen LogP contribution in [0, 0.1) is 5.41 Å². The fourth-order valence-corrected chi connectivity index (χ4v) is 10.1. The number of nitrogens with two attached hydrogens (primary N) is 1. The molecule has 1 saturated heterocycles. The Balaban J connectivity index is 1.32. The van der Waals surface area contributed by atoms with E-state index >= 15 is 0 Å². The van der Waals surface area contributed by atoms with Crippen LogP contribution in [0.2, 0.25) is 0 Å². The first kappa shape index (κ1) is 56.9. The largest absolute Gasteiger partial charge is 0.790 e. The Labute approximate surface area is 382 Å². The highest BCUT2D eigenvalue weighted by molar-refractivity contribution is 8.13. The van der Waals surface area contributed by atoms with Crippen LogP contribution in [0.4, 0.5) is 5.82 Å². The summed E-state index contributed by atoms with van der Waals surface area (Å²) in [4.78, 5) is 96.7. The third kappa shape index (κ3) is 20.8. The maximum atomic E-state index is 12.6. The minimum atomic E-state index is -5.92. The van der Waals surface area contributed by atoms with Gasteiger partial charge in [0.1, 0.15) is 36.3 Å². The number of hydrogen-bond acceptors (Lipinski definition) is 22. The maximum Gasteiger partial charge on any atom is 0.274 e. The van der Waals surface area contributed by atoms with E-state index in [1.54, 1.807) is 0 Å². The number of amides is 2. The van der Waals surface area contributed by atoms with Gasteiger partial charge in [-0.1, -0.05) is 110 Å². The third-order valence-corrected chi connectivity index (χ3v) is 14.2. The number of anilines is 1. The minimum Gasteiger partial charge on any atom is -0.790 e. The van der Waals surface area contributed by atoms with Crippen LogP contribution < -0.4 is 35.9 Å². The average Bonchev–Trinajstić information content (AvgIpc) is 3.79. The van der Waals surface area contributed by atoms with Crippen LogP contribution in [0.25, 0.3) is 11.2 Å². The van der Waals surface area contributed by atoms with Crippen molar-refractivity contribution in [2.45, 2.75) is 148 Å². The van der Waals surface area contributed by atoms with Crippen molar-refractivity contribution in [3.63, 3.8) is 0 Å². The van der Waals surface area contributed by atoms with Crippen molar-refractivity contribution >= 4 is 69.1 Å². The van der Waals surface area contributed by atoms with Crippen LogP contribution in [0.15, 0.2) is 12.7 Å². The molecule has 0 aliphatic carbocycles. The Hall–Kier alpha value is -2.44. The molecule has 0 spiro atoms. The predicted octanol–water partition coefficient (Wildman–Crippen LogP) is 1.62. The number of phosphoric acid groups is 3. The maximum absolute atomic E-state index is 12.6. The Bertz CT molecular complexity index is 1960. The van der Waals surface area contributed by atoms with E-state index in [9.17, 15) is 57.9 Å². The number of unbranched alkanes of at least 4 members (excludes halogenated alkanes) is 12. The van der Waals surface area contributed by atoms with E-state index in [1.807, 2.05) is 0 Å². The van der Waals surface area contributed by atoms with Gasteiger partial charge in [0.25, 0.3) is 15.6 Å². The first-order valence-electron chi connectivity index (χ1n) is 21.5. The molecule has 0 radical (unpaired) electrons. The summed E-state index contributed by atoms with van der Waals surface area (Å²) in [6.07, 6.45) is 8.77. The van der Waals surface area contributed by atoms with E-state index in [0.717, 1.165) is 48.2 Å². The number of carbonyl (C=O) groups is 3. The summed E-state index contributed by atoms with van der Waals surface area (Å²) in [5.74, 6) is -1.13. The second kappa shape index (κ2) is 27.5. The predicted molar refractivity (Wildman–Crippen MR) is 229 cm³/mol. The number of hydrogen-bond donors (Lipinski definition) is 5. The first-order chi connectivity index (χ1) is 30.6. The molecule has 0 saturated carbocycles. The van der Waals surface area contributed by atoms with Gasteiger partial charge in [0.2, 0.25) is 11.8 Å². The number of thioether (sulfide) groups is 1. The number of phosphoric ester groups is 3. The highest BCUT2D eigenvalue weighted by Crippen LogP contribution is 2.56. The number of fused-ring (bicyclic) bond motifs is 1. The van der Waals surface area contributed by atoms with Crippen LogP contribution in [-0.4, -0.2) is 103 Å². The van der Waals surface area contributed by atoms with Crippen LogP contribution in [0.3, 0.4) is 0 Å². The lowest BCUT2D eigenvalue weighted by Crippen LogP contribution is -2.46. The summed E-state index contributed by atoms with van der Waals surface area (Å²) >= 11 is 1.14. The van der Waals surface area contributed by atoms with Crippen LogP contribution >= 0.6 is 35.2 Å². The van der Waals surface area contributed by atoms with Crippen molar-refractivity contribution in [2.24, 2.45) is 5.41 Å². The Morgan fingerprint density at radius 2 is 1.49 bits per heavy atom. The Morgan fingerprint density at radius 3 is 2.11 bits per heavy atom. The molecule has 0 bridgehead atoms. The molecular weight excluding hydrogens is 939 g/mol. The summed E-state index contributed by atoms with van der Waals surface area (Å²) in [7, 11) is -17.6. The lowest BCUT2D eigenvalue weighted by Gasteiger charge is -2.36. The zero-order chi connectivity index (χ0) is 48.3. The molecule has 1 fully saturated rings. The summed E-state index contributed by atoms with van der Waals surface area (Å²) < 4.78 is 60.8. The summed E-state index contributed by atoms with van der Waals surface area (Å²) in [6, 6.07) is 0. The molecule has 0 aromatic carbocycles. The van der Waals surface area contributed by atoms with Crippen molar-refractivity contribution in [1.82, 2.24) is 30.2 Å². The fourth-order valence-electron chi connectivity index (χ4n) is 6.63. The second-order valence-corrected chi connectivity index (χ2v) is 21.4. The van der Waals surface area contributed by atoms with E-state index in [-0.39, 0.29) is 41.6 Å². The number of ether oxygens (including phenoxy) is 1.